The van der Waals surface area contributed by atoms with Gasteiger partial charge in [0.05, 0.1) is 0 Å². The quantitative estimate of drug-likeness (QED) is 0.474. The molecule has 0 fully saturated rings. The number of carbonyl (C=O) groups is 2. The Labute approximate surface area is 109 Å². The SMILES string of the molecule is O=C(CBr)Oc1ccccc1OC(=O)CBr. The lowest BCUT2D eigenvalue weighted by atomic mass is 10.3. The van der Waals surface area contributed by atoms with Gasteiger partial charge in [0.25, 0.3) is 0 Å². The van der Waals surface area contributed by atoms with Crippen LogP contribution in [0, 0.1) is 0 Å². The highest BCUT2D eigenvalue weighted by Crippen LogP contribution is 2.26. The molecule has 0 aliphatic heterocycles. The van der Waals surface area contributed by atoms with Gasteiger partial charge < -0.3 is 9.47 Å². The Balaban J connectivity index is 2.83. The van der Waals surface area contributed by atoms with E-state index in [1.807, 2.05) is 0 Å². The summed E-state index contributed by atoms with van der Waals surface area (Å²) in [5, 5.41) is 0.154. The lowest BCUT2D eigenvalue weighted by molar-refractivity contribution is -0.134. The molecule has 0 radical (unpaired) electrons. The number of carbonyl (C=O) groups excluding carboxylic acids is 2. The Hall–Kier alpha value is -0.880. The second-order valence-electron chi connectivity index (χ2n) is 2.66. The van der Waals surface area contributed by atoms with Crippen LogP contribution in [0.1, 0.15) is 0 Å². The first-order valence-corrected chi connectivity index (χ1v) is 6.54. The molecular weight excluding hydrogens is 344 g/mol. The first-order valence-electron chi connectivity index (χ1n) is 4.29. The fourth-order valence-corrected chi connectivity index (χ4v) is 1.15. The minimum Gasteiger partial charge on any atom is -0.422 e. The second kappa shape index (κ2) is 6.65. The molecule has 4 nitrogen and oxygen atoms in total. The summed E-state index contributed by atoms with van der Waals surface area (Å²) >= 11 is 5.94. The molecule has 0 heterocycles. The van der Waals surface area contributed by atoms with E-state index in [4.69, 9.17) is 9.47 Å². The average Bonchev–Trinajstić information content (AvgIpc) is 2.31. The first kappa shape index (κ1) is 13.2. The molecule has 86 valence electrons. The van der Waals surface area contributed by atoms with Crippen LogP contribution in [0.3, 0.4) is 0 Å². The van der Waals surface area contributed by atoms with Crippen molar-refractivity contribution in [2.24, 2.45) is 0 Å². The molecule has 0 N–H and O–H groups in total. The van der Waals surface area contributed by atoms with E-state index in [-0.39, 0.29) is 22.2 Å². The number of ether oxygens (including phenoxy) is 2. The molecule has 0 amide bonds. The predicted octanol–water partition coefficient (Wildman–Crippen LogP) is 2.29. The number of hydrogen-bond acceptors (Lipinski definition) is 4. The van der Waals surface area contributed by atoms with Gasteiger partial charge in [0.2, 0.25) is 0 Å². The average molecular weight is 352 g/mol. The van der Waals surface area contributed by atoms with Gasteiger partial charge in [0.15, 0.2) is 11.5 Å². The van der Waals surface area contributed by atoms with Gasteiger partial charge in [0, 0.05) is 0 Å². The van der Waals surface area contributed by atoms with Crippen molar-refractivity contribution in [3.63, 3.8) is 0 Å². The number of hydrogen-bond donors (Lipinski definition) is 0. The molecule has 0 spiro atoms. The van der Waals surface area contributed by atoms with Gasteiger partial charge in [-0.15, -0.1) is 0 Å². The second-order valence-corrected chi connectivity index (χ2v) is 3.78. The van der Waals surface area contributed by atoms with Gasteiger partial charge in [-0.3, -0.25) is 9.59 Å². The number of para-hydroxylation sites is 2. The van der Waals surface area contributed by atoms with Gasteiger partial charge >= 0.3 is 11.9 Å². The lowest BCUT2D eigenvalue weighted by Gasteiger charge is -2.08. The molecule has 1 aromatic carbocycles. The van der Waals surface area contributed by atoms with Crippen molar-refractivity contribution in [3.8, 4) is 11.5 Å². The molecule has 0 bridgehead atoms. The summed E-state index contributed by atoms with van der Waals surface area (Å²) in [6, 6.07) is 6.47. The Morgan fingerprint density at radius 2 is 1.31 bits per heavy atom. The van der Waals surface area contributed by atoms with Crippen LogP contribution >= 0.6 is 31.9 Å². The third-order valence-electron chi connectivity index (χ3n) is 1.51. The normalized spacial score (nSPS) is 9.62. The van der Waals surface area contributed by atoms with Gasteiger partial charge in [-0.05, 0) is 12.1 Å². The highest BCUT2D eigenvalue weighted by Gasteiger charge is 2.11. The fourth-order valence-electron chi connectivity index (χ4n) is 0.919. The molecule has 0 atom stereocenters. The van der Waals surface area contributed by atoms with Gasteiger partial charge in [-0.1, -0.05) is 44.0 Å². The Morgan fingerprint density at radius 3 is 1.62 bits per heavy atom. The van der Waals surface area contributed by atoms with Gasteiger partial charge in [-0.25, -0.2) is 0 Å². The van der Waals surface area contributed by atoms with Crippen LogP contribution < -0.4 is 9.47 Å². The topological polar surface area (TPSA) is 52.6 Å². The number of esters is 2. The maximum Gasteiger partial charge on any atom is 0.322 e. The molecule has 0 aliphatic rings. The zero-order valence-electron chi connectivity index (χ0n) is 8.11. The Kier molecular flexibility index (Phi) is 5.48. The van der Waals surface area contributed by atoms with Crippen molar-refractivity contribution in [3.05, 3.63) is 24.3 Å². The lowest BCUT2D eigenvalue weighted by Crippen LogP contribution is -2.13. The molecular formula is C10H8Br2O4. The summed E-state index contributed by atoms with van der Waals surface area (Å²) in [5.74, 6) is -0.466. The van der Waals surface area contributed by atoms with Crippen LogP contribution in [0.2, 0.25) is 0 Å². The number of alkyl halides is 2. The van der Waals surface area contributed by atoms with E-state index in [0.717, 1.165) is 0 Å². The summed E-state index contributed by atoms with van der Waals surface area (Å²) < 4.78 is 9.92. The fraction of sp³-hybridized carbons (Fsp3) is 0.200. The third-order valence-corrected chi connectivity index (χ3v) is 2.43. The molecule has 0 saturated carbocycles. The largest absolute Gasteiger partial charge is 0.422 e. The zero-order chi connectivity index (χ0) is 12.0. The molecule has 0 saturated heterocycles. The molecule has 0 aromatic heterocycles. The number of benzene rings is 1. The summed E-state index contributed by atoms with van der Waals surface area (Å²) in [6.07, 6.45) is 0. The molecule has 0 aliphatic carbocycles. The highest BCUT2D eigenvalue weighted by molar-refractivity contribution is 9.09. The molecule has 0 unspecified atom stereocenters. The molecule has 6 heteroatoms. The van der Waals surface area contributed by atoms with Gasteiger partial charge in [0.1, 0.15) is 10.7 Å². The van der Waals surface area contributed by atoms with Crippen LogP contribution in [0.5, 0.6) is 11.5 Å². The number of rotatable bonds is 4. The summed E-state index contributed by atoms with van der Waals surface area (Å²) in [4.78, 5) is 22.1. The van der Waals surface area contributed by atoms with E-state index in [1.54, 1.807) is 24.3 Å². The predicted molar refractivity (Wildman–Crippen MR) is 65.3 cm³/mol. The Bertz CT molecular complexity index is 355. The molecule has 1 aromatic rings. The smallest absolute Gasteiger partial charge is 0.322 e. The van der Waals surface area contributed by atoms with Gasteiger partial charge in [-0.2, -0.15) is 0 Å². The van der Waals surface area contributed by atoms with Crippen molar-refractivity contribution >= 4 is 43.8 Å². The van der Waals surface area contributed by atoms with Crippen molar-refractivity contribution in [1.29, 1.82) is 0 Å². The Morgan fingerprint density at radius 1 is 0.938 bits per heavy atom. The minimum absolute atomic E-state index is 0.0771. The minimum atomic E-state index is -0.456. The number of halogens is 2. The van der Waals surface area contributed by atoms with Crippen molar-refractivity contribution in [2.45, 2.75) is 0 Å². The van der Waals surface area contributed by atoms with E-state index in [1.165, 1.54) is 0 Å². The standard InChI is InChI=1S/C10H8Br2O4/c11-5-9(13)15-7-3-1-2-4-8(7)16-10(14)6-12/h1-4H,5-6H2. The van der Waals surface area contributed by atoms with Crippen molar-refractivity contribution in [1.82, 2.24) is 0 Å². The highest BCUT2D eigenvalue weighted by atomic mass is 79.9. The third kappa shape index (κ3) is 3.94. The molecule has 16 heavy (non-hydrogen) atoms. The van der Waals surface area contributed by atoms with E-state index >= 15 is 0 Å². The van der Waals surface area contributed by atoms with E-state index < -0.39 is 11.9 Å². The zero-order valence-corrected chi connectivity index (χ0v) is 11.3. The van der Waals surface area contributed by atoms with Crippen LogP contribution in [-0.2, 0) is 9.59 Å². The van der Waals surface area contributed by atoms with Crippen molar-refractivity contribution in [2.75, 3.05) is 10.7 Å². The maximum atomic E-state index is 11.1. The van der Waals surface area contributed by atoms with E-state index in [2.05, 4.69) is 31.9 Å². The van der Waals surface area contributed by atoms with Crippen LogP contribution in [0.15, 0.2) is 24.3 Å². The summed E-state index contributed by atoms with van der Waals surface area (Å²) in [6.45, 7) is 0. The monoisotopic (exact) mass is 350 g/mol. The summed E-state index contributed by atoms with van der Waals surface area (Å²) in [5.41, 5.74) is 0. The van der Waals surface area contributed by atoms with Crippen LogP contribution in [0.25, 0.3) is 0 Å². The van der Waals surface area contributed by atoms with E-state index in [9.17, 15) is 9.59 Å². The summed E-state index contributed by atoms with van der Waals surface area (Å²) in [7, 11) is 0. The van der Waals surface area contributed by atoms with E-state index in [0.29, 0.717) is 0 Å². The van der Waals surface area contributed by atoms with Crippen LogP contribution in [0.4, 0.5) is 0 Å². The van der Waals surface area contributed by atoms with Crippen LogP contribution in [-0.4, -0.2) is 22.6 Å². The van der Waals surface area contributed by atoms with Crippen molar-refractivity contribution < 1.29 is 19.1 Å². The first-order chi connectivity index (χ1) is 7.67. The maximum absolute atomic E-state index is 11.1. The molecule has 1 rings (SSSR count).